The van der Waals surface area contributed by atoms with Crippen LogP contribution in [0.5, 0.6) is 5.75 Å². The molecule has 2 aromatic heterocycles. The Hall–Kier alpha value is -2.91. The molecule has 0 saturated carbocycles. The number of aromatic amines is 1. The summed E-state index contributed by atoms with van der Waals surface area (Å²) in [5, 5.41) is 16.3. The lowest BCUT2D eigenvalue weighted by molar-refractivity contribution is 0.414. The van der Waals surface area contributed by atoms with Gasteiger partial charge in [-0.05, 0) is 48.6 Å². The van der Waals surface area contributed by atoms with Crippen LogP contribution in [0.3, 0.4) is 0 Å². The molecule has 27 heavy (non-hydrogen) atoms. The van der Waals surface area contributed by atoms with Crippen molar-refractivity contribution in [2.45, 2.75) is 10.9 Å². The van der Waals surface area contributed by atoms with Gasteiger partial charge in [-0.2, -0.15) is 5.10 Å². The van der Waals surface area contributed by atoms with Crippen molar-refractivity contribution < 1.29 is 4.74 Å². The number of nitrogens with one attached hydrogen (secondary N) is 1. The highest BCUT2D eigenvalue weighted by atomic mass is 32.2. The fourth-order valence-electron chi connectivity index (χ4n) is 2.64. The Balaban J connectivity index is 1.59. The van der Waals surface area contributed by atoms with Crippen molar-refractivity contribution >= 4 is 24.0 Å². The maximum Gasteiger partial charge on any atom is 0.199 e. The lowest BCUT2D eigenvalue weighted by atomic mass is 10.3. The molecule has 0 amide bonds. The minimum absolute atomic E-state index is 0.542. The van der Waals surface area contributed by atoms with E-state index >= 15 is 0 Å². The Labute approximate surface area is 165 Å². The molecule has 4 rings (SSSR count). The third-order valence-electron chi connectivity index (χ3n) is 3.95. The van der Waals surface area contributed by atoms with Crippen molar-refractivity contribution in [2.24, 2.45) is 0 Å². The number of H-pyrrole nitrogens is 1. The number of benzene rings is 2. The van der Waals surface area contributed by atoms with Gasteiger partial charge >= 0.3 is 0 Å². The van der Waals surface area contributed by atoms with Gasteiger partial charge in [0.1, 0.15) is 17.9 Å². The SMILES string of the molecule is COc1ccc(-n2c(CSc3nncn3-c3ccccc3)n[nH]c2=S)cc1. The van der Waals surface area contributed by atoms with E-state index in [4.69, 9.17) is 17.0 Å². The van der Waals surface area contributed by atoms with Gasteiger partial charge in [0.15, 0.2) is 9.93 Å². The van der Waals surface area contributed by atoms with E-state index in [1.165, 1.54) is 0 Å². The van der Waals surface area contributed by atoms with E-state index in [-0.39, 0.29) is 0 Å². The topological polar surface area (TPSA) is 73.5 Å². The molecule has 0 bridgehead atoms. The number of hydrogen-bond donors (Lipinski definition) is 1. The molecule has 7 nitrogen and oxygen atoms in total. The molecular weight excluding hydrogens is 380 g/mol. The number of aromatic nitrogens is 6. The summed E-state index contributed by atoms with van der Waals surface area (Å²) in [4.78, 5) is 0. The largest absolute Gasteiger partial charge is 0.497 e. The highest BCUT2D eigenvalue weighted by molar-refractivity contribution is 7.98. The molecule has 0 aliphatic heterocycles. The minimum atomic E-state index is 0.542. The van der Waals surface area contributed by atoms with Crippen LogP contribution in [0.2, 0.25) is 0 Å². The molecule has 9 heteroatoms. The number of thioether (sulfide) groups is 1. The van der Waals surface area contributed by atoms with Crippen LogP contribution in [-0.4, -0.2) is 36.6 Å². The summed E-state index contributed by atoms with van der Waals surface area (Å²) < 4.78 is 9.62. The van der Waals surface area contributed by atoms with E-state index in [2.05, 4.69) is 20.4 Å². The van der Waals surface area contributed by atoms with Gasteiger partial charge in [0.25, 0.3) is 0 Å². The summed E-state index contributed by atoms with van der Waals surface area (Å²) in [5.74, 6) is 2.18. The standard InChI is InChI=1S/C18H16N6OS2/c1-25-15-9-7-14(8-10-15)24-16(20-21-17(24)26)11-27-18-22-19-12-23(18)13-5-3-2-4-6-13/h2-10,12H,11H2,1H3,(H,21,26). The van der Waals surface area contributed by atoms with E-state index in [9.17, 15) is 0 Å². The number of ether oxygens (including phenoxy) is 1. The van der Waals surface area contributed by atoms with Crippen molar-refractivity contribution in [3.63, 3.8) is 0 Å². The zero-order chi connectivity index (χ0) is 18.6. The number of hydrogen-bond acceptors (Lipinski definition) is 6. The van der Waals surface area contributed by atoms with E-state index in [0.29, 0.717) is 10.5 Å². The maximum atomic E-state index is 5.40. The molecule has 0 unspecified atom stereocenters. The summed E-state index contributed by atoms with van der Waals surface area (Å²) in [6, 6.07) is 17.7. The molecule has 0 aliphatic carbocycles. The Kier molecular flexibility index (Phi) is 5.03. The van der Waals surface area contributed by atoms with Crippen LogP contribution in [0.1, 0.15) is 5.82 Å². The van der Waals surface area contributed by atoms with Gasteiger partial charge in [-0.3, -0.25) is 14.2 Å². The fourth-order valence-corrected chi connectivity index (χ4v) is 3.75. The second-order valence-electron chi connectivity index (χ2n) is 5.59. The second-order valence-corrected chi connectivity index (χ2v) is 6.92. The van der Waals surface area contributed by atoms with Crippen molar-refractivity contribution in [3.05, 3.63) is 71.5 Å². The van der Waals surface area contributed by atoms with Crippen LogP contribution in [-0.2, 0) is 5.75 Å². The first-order valence-corrected chi connectivity index (χ1v) is 9.54. The zero-order valence-corrected chi connectivity index (χ0v) is 16.1. The zero-order valence-electron chi connectivity index (χ0n) is 14.4. The molecule has 4 aromatic rings. The number of nitrogens with zero attached hydrogens (tertiary/aromatic N) is 5. The molecule has 0 spiro atoms. The Morgan fingerprint density at radius 3 is 2.59 bits per heavy atom. The first-order chi connectivity index (χ1) is 13.3. The lowest BCUT2D eigenvalue weighted by Gasteiger charge is -2.08. The molecule has 1 N–H and O–H groups in total. The average Bonchev–Trinajstić information content (AvgIpc) is 3.33. The predicted molar refractivity (Wildman–Crippen MR) is 106 cm³/mol. The third-order valence-corrected chi connectivity index (χ3v) is 5.17. The predicted octanol–water partition coefficient (Wildman–Crippen LogP) is 3.81. The highest BCUT2D eigenvalue weighted by Gasteiger charge is 2.12. The molecule has 2 heterocycles. The van der Waals surface area contributed by atoms with Crippen LogP contribution >= 0.6 is 24.0 Å². The minimum Gasteiger partial charge on any atom is -0.497 e. The number of methoxy groups -OCH3 is 1. The Bertz CT molecular complexity index is 1090. The van der Waals surface area contributed by atoms with E-state index in [1.807, 2.05) is 63.7 Å². The summed E-state index contributed by atoms with van der Waals surface area (Å²) in [6.45, 7) is 0. The summed E-state index contributed by atoms with van der Waals surface area (Å²) in [7, 11) is 1.64. The number of rotatable bonds is 6. The van der Waals surface area contributed by atoms with Gasteiger partial charge < -0.3 is 4.74 Å². The van der Waals surface area contributed by atoms with Crippen LogP contribution in [0, 0.1) is 4.77 Å². The lowest BCUT2D eigenvalue weighted by Crippen LogP contribution is -2.01. The first-order valence-electron chi connectivity index (χ1n) is 8.15. The van der Waals surface area contributed by atoms with Gasteiger partial charge in [-0.25, -0.2) is 0 Å². The van der Waals surface area contributed by atoms with Gasteiger partial charge in [0.2, 0.25) is 0 Å². The van der Waals surface area contributed by atoms with Crippen molar-refractivity contribution in [2.75, 3.05) is 7.11 Å². The van der Waals surface area contributed by atoms with Crippen LogP contribution in [0.15, 0.2) is 66.1 Å². The Morgan fingerprint density at radius 2 is 1.85 bits per heavy atom. The van der Waals surface area contributed by atoms with Crippen molar-refractivity contribution in [1.29, 1.82) is 0 Å². The molecule has 0 radical (unpaired) electrons. The normalized spacial score (nSPS) is 10.9. The molecule has 0 atom stereocenters. The average molecular weight is 397 g/mol. The summed E-state index contributed by atoms with van der Waals surface area (Å²) in [5.41, 5.74) is 1.94. The molecule has 0 fully saturated rings. The number of para-hydroxylation sites is 1. The van der Waals surface area contributed by atoms with E-state index in [0.717, 1.165) is 28.1 Å². The van der Waals surface area contributed by atoms with E-state index < -0.39 is 0 Å². The van der Waals surface area contributed by atoms with Crippen LogP contribution < -0.4 is 4.74 Å². The quantitative estimate of drug-likeness (QED) is 0.395. The molecule has 2 aromatic carbocycles. The molecular formula is C18H16N6OS2. The second kappa shape index (κ2) is 7.77. The van der Waals surface area contributed by atoms with Gasteiger partial charge in [-0.15, -0.1) is 10.2 Å². The molecule has 136 valence electrons. The fraction of sp³-hybridized carbons (Fsp3) is 0.111. The van der Waals surface area contributed by atoms with Crippen molar-refractivity contribution in [3.8, 4) is 17.1 Å². The third kappa shape index (κ3) is 3.64. The van der Waals surface area contributed by atoms with Gasteiger partial charge in [0.05, 0.1) is 12.9 Å². The highest BCUT2D eigenvalue weighted by Crippen LogP contribution is 2.24. The summed E-state index contributed by atoms with van der Waals surface area (Å²) in [6.07, 6.45) is 1.71. The monoisotopic (exact) mass is 396 g/mol. The van der Waals surface area contributed by atoms with Crippen molar-refractivity contribution in [1.82, 2.24) is 29.5 Å². The van der Waals surface area contributed by atoms with Gasteiger partial charge in [-0.1, -0.05) is 30.0 Å². The smallest absolute Gasteiger partial charge is 0.199 e. The van der Waals surface area contributed by atoms with E-state index in [1.54, 1.807) is 25.2 Å². The first kappa shape index (κ1) is 17.5. The van der Waals surface area contributed by atoms with Gasteiger partial charge in [0, 0.05) is 11.4 Å². The summed E-state index contributed by atoms with van der Waals surface area (Å²) >= 11 is 6.95. The van der Waals surface area contributed by atoms with Crippen LogP contribution in [0.25, 0.3) is 11.4 Å². The van der Waals surface area contributed by atoms with Crippen LogP contribution in [0.4, 0.5) is 0 Å². The maximum absolute atomic E-state index is 5.40. The molecule has 0 saturated heterocycles. The Morgan fingerprint density at radius 1 is 1.07 bits per heavy atom. The molecule has 0 aliphatic rings.